The quantitative estimate of drug-likeness (QED) is 0.562. The fourth-order valence-electron chi connectivity index (χ4n) is 3.42. The zero-order chi connectivity index (χ0) is 22.1. The van der Waals surface area contributed by atoms with E-state index in [9.17, 15) is 18.3 Å². The van der Waals surface area contributed by atoms with Crippen molar-refractivity contribution in [3.8, 4) is 5.75 Å². The molecule has 0 atom stereocenters. The average Bonchev–Trinajstić information content (AvgIpc) is 2.63. The lowest BCUT2D eigenvalue weighted by atomic mass is 10.0. The van der Waals surface area contributed by atoms with E-state index in [2.05, 4.69) is 10.3 Å². The second kappa shape index (κ2) is 8.49. The van der Waals surface area contributed by atoms with Crippen LogP contribution in [0.2, 0.25) is 0 Å². The van der Waals surface area contributed by atoms with Crippen LogP contribution < -0.4 is 5.32 Å². The molecular weight excluding hydrogens is 393 g/mol. The van der Waals surface area contributed by atoms with Gasteiger partial charge in [-0.15, -0.1) is 0 Å². The summed E-state index contributed by atoms with van der Waals surface area (Å²) in [6, 6.07) is 9.30. The Kier molecular flexibility index (Phi) is 6.19. The normalized spacial score (nSPS) is 12.2. The predicted molar refractivity (Wildman–Crippen MR) is 113 cm³/mol. The minimum absolute atomic E-state index is 0.101. The van der Waals surface area contributed by atoms with Crippen molar-refractivity contribution in [1.29, 1.82) is 0 Å². The number of hydrogen-bond acceptors (Lipinski definition) is 5. The van der Waals surface area contributed by atoms with E-state index < -0.39 is 11.7 Å². The molecule has 0 aliphatic heterocycles. The number of phenols is 1. The molecule has 0 aliphatic rings. The molecule has 0 spiro atoms. The van der Waals surface area contributed by atoms with E-state index in [1.54, 1.807) is 12.1 Å². The fraction of sp³-hybridized carbons (Fsp3) is 0.318. The Hall–Kier alpha value is -2.84. The molecule has 2 aromatic carbocycles. The Balaban J connectivity index is 2.08. The molecular formula is C22H25F3N4O. The van der Waals surface area contributed by atoms with Gasteiger partial charge in [-0.25, -0.2) is 0 Å². The van der Waals surface area contributed by atoms with Crippen molar-refractivity contribution in [2.75, 3.05) is 33.5 Å². The van der Waals surface area contributed by atoms with Gasteiger partial charge in [0.2, 0.25) is 0 Å². The van der Waals surface area contributed by atoms with E-state index in [0.717, 1.165) is 17.2 Å². The Labute approximate surface area is 173 Å². The van der Waals surface area contributed by atoms with Crippen molar-refractivity contribution in [2.45, 2.75) is 19.3 Å². The van der Waals surface area contributed by atoms with E-state index in [-0.39, 0.29) is 11.3 Å². The Morgan fingerprint density at radius 2 is 1.57 bits per heavy atom. The summed E-state index contributed by atoms with van der Waals surface area (Å²) in [6.45, 7) is 1.05. The average molecular weight is 418 g/mol. The van der Waals surface area contributed by atoms with Crippen LogP contribution in [0, 0.1) is 0 Å². The number of para-hydroxylation sites is 1. The molecule has 0 radical (unpaired) electrons. The number of nitrogens with zero attached hydrogens (tertiary/aromatic N) is 3. The van der Waals surface area contributed by atoms with Gasteiger partial charge in [-0.1, -0.05) is 12.1 Å². The van der Waals surface area contributed by atoms with Crippen LogP contribution >= 0.6 is 0 Å². The van der Waals surface area contributed by atoms with Gasteiger partial charge < -0.3 is 20.2 Å². The van der Waals surface area contributed by atoms with Gasteiger partial charge in [-0.3, -0.25) is 4.98 Å². The highest BCUT2D eigenvalue weighted by Crippen LogP contribution is 2.37. The number of rotatable bonds is 6. The first-order chi connectivity index (χ1) is 14.1. The first-order valence-corrected chi connectivity index (χ1v) is 9.42. The molecule has 5 nitrogen and oxygen atoms in total. The number of halogens is 3. The van der Waals surface area contributed by atoms with Crippen molar-refractivity contribution < 1.29 is 18.3 Å². The number of pyridine rings is 1. The number of benzene rings is 2. The molecule has 3 aromatic rings. The Morgan fingerprint density at radius 3 is 2.10 bits per heavy atom. The third-order valence-corrected chi connectivity index (χ3v) is 4.60. The van der Waals surface area contributed by atoms with Gasteiger partial charge in [0.15, 0.2) is 0 Å². The first kappa shape index (κ1) is 21.9. The van der Waals surface area contributed by atoms with Crippen molar-refractivity contribution in [1.82, 2.24) is 14.8 Å². The maximum Gasteiger partial charge on any atom is 0.418 e. The monoisotopic (exact) mass is 418 g/mol. The van der Waals surface area contributed by atoms with Gasteiger partial charge in [0, 0.05) is 47.2 Å². The van der Waals surface area contributed by atoms with Gasteiger partial charge in [-0.05, 0) is 52.5 Å². The maximum absolute atomic E-state index is 13.4. The third kappa shape index (κ3) is 4.83. The minimum atomic E-state index is -4.48. The lowest BCUT2D eigenvalue weighted by Gasteiger charge is -2.19. The summed E-state index contributed by atoms with van der Waals surface area (Å²) in [5.41, 5.74) is 1.80. The molecule has 30 heavy (non-hydrogen) atoms. The highest BCUT2D eigenvalue weighted by atomic mass is 19.4. The van der Waals surface area contributed by atoms with Crippen LogP contribution in [0.1, 0.15) is 16.7 Å². The molecule has 0 aliphatic carbocycles. The van der Waals surface area contributed by atoms with Crippen molar-refractivity contribution in [2.24, 2.45) is 0 Å². The lowest BCUT2D eigenvalue weighted by Crippen LogP contribution is -2.14. The van der Waals surface area contributed by atoms with Gasteiger partial charge in [0.25, 0.3) is 0 Å². The van der Waals surface area contributed by atoms with Crippen LogP contribution in [-0.2, 0) is 19.3 Å². The molecule has 2 N–H and O–H groups in total. The zero-order valence-electron chi connectivity index (χ0n) is 17.4. The number of phenolic OH excluding ortho intramolecular Hbond substituents is 1. The molecule has 0 bridgehead atoms. The SMILES string of the molecule is CN(C)Cc1cc(Nc2ccnc3c(C(F)(F)F)cccc23)cc(CN(C)C)c1O. The van der Waals surface area contributed by atoms with E-state index in [4.69, 9.17) is 0 Å². The van der Waals surface area contributed by atoms with Gasteiger partial charge in [-0.2, -0.15) is 13.2 Å². The molecule has 3 rings (SSSR count). The second-order valence-corrected chi connectivity index (χ2v) is 7.80. The van der Waals surface area contributed by atoms with Crippen molar-refractivity contribution >= 4 is 22.3 Å². The standard InChI is InChI=1S/C22H25F3N4O/c1-28(2)12-14-10-16(11-15(21(14)30)13-29(3)4)27-19-8-9-26-20-17(19)6-5-7-18(20)22(23,24)25/h5-11,30H,12-13H2,1-4H3,(H,26,27). The van der Waals surface area contributed by atoms with Gasteiger partial charge >= 0.3 is 6.18 Å². The number of aromatic nitrogens is 1. The number of aromatic hydroxyl groups is 1. The van der Waals surface area contributed by atoms with E-state index >= 15 is 0 Å². The van der Waals surface area contributed by atoms with Gasteiger partial charge in [0.1, 0.15) is 5.75 Å². The van der Waals surface area contributed by atoms with E-state index in [1.165, 1.54) is 12.3 Å². The Bertz CT molecular complexity index is 1020. The number of anilines is 2. The lowest BCUT2D eigenvalue weighted by molar-refractivity contribution is -0.136. The van der Waals surface area contributed by atoms with Crippen LogP contribution in [0.15, 0.2) is 42.6 Å². The van der Waals surface area contributed by atoms with E-state index in [1.807, 2.05) is 50.1 Å². The van der Waals surface area contributed by atoms with Crippen LogP contribution in [0.25, 0.3) is 10.9 Å². The van der Waals surface area contributed by atoms with Crippen LogP contribution in [-0.4, -0.2) is 48.1 Å². The molecule has 0 saturated heterocycles. The number of hydrogen-bond donors (Lipinski definition) is 2. The van der Waals surface area contributed by atoms with Crippen molar-refractivity contribution in [3.63, 3.8) is 0 Å². The molecule has 0 saturated carbocycles. The summed E-state index contributed by atoms with van der Waals surface area (Å²) < 4.78 is 40.1. The summed E-state index contributed by atoms with van der Waals surface area (Å²) in [5, 5.41) is 14.3. The number of fused-ring (bicyclic) bond motifs is 1. The first-order valence-electron chi connectivity index (χ1n) is 9.42. The van der Waals surface area contributed by atoms with Crippen LogP contribution in [0.5, 0.6) is 5.75 Å². The summed E-state index contributed by atoms with van der Waals surface area (Å²) in [5.74, 6) is 0.224. The summed E-state index contributed by atoms with van der Waals surface area (Å²) >= 11 is 0. The molecule has 8 heteroatoms. The third-order valence-electron chi connectivity index (χ3n) is 4.60. The zero-order valence-corrected chi connectivity index (χ0v) is 17.4. The molecule has 0 unspecified atom stereocenters. The summed E-state index contributed by atoms with van der Waals surface area (Å²) in [6.07, 6.45) is -3.12. The largest absolute Gasteiger partial charge is 0.507 e. The van der Waals surface area contributed by atoms with Gasteiger partial charge in [0.05, 0.1) is 11.1 Å². The molecule has 1 heterocycles. The molecule has 0 fully saturated rings. The van der Waals surface area contributed by atoms with Crippen LogP contribution in [0.4, 0.5) is 24.5 Å². The highest BCUT2D eigenvalue weighted by molar-refractivity contribution is 5.95. The maximum atomic E-state index is 13.4. The second-order valence-electron chi connectivity index (χ2n) is 7.80. The van der Waals surface area contributed by atoms with Crippen LogP contribution in [0.3, 0.4) is 0 Å². The molecule has 0 amide bonds. The topological polar surface area (TPSA) is 51.6 Å². The summed E-state index contributed by atoms with van der Waals surface area (Å²) in [4.78, 5) is 7.84. The number of nitrogens with one attached hydrogen (secondary N) is 1. The highest BCUT2D eigenvalue weighted by Gasteiger charge is 2.33. The van der Waals surface area contributed by atoms with Crippen molar-refractivity contribution in [3.05, 3.63) is 59.3 Å². The molecule has 1 aromatic heterocycles. The predicted octanol–water partition coefficient (Wildman–Crippen LogP) is 4.83. The Morgan fingerprint density at radius 1 is 0.967 bits per heavy atom. The minimum Gasteiger partial charge on any atom is -0.507 e. The van der Waals surface area contributed by atoms with E-state index in [0.29, 0.717) is 29.9 Å². The fourth-order valence-corrected chi connectivity index (χ4v) is 3.42. The number of alkyl halides is 3. The molecule has 160 valence electrons. The summed E-state index contributed by atoms with van der Waals surface area (Å²) in [7, 11) is 7.61. The smallest absolute Gasteiger partial charge is 0.418 e.